The molecule has 0 aliphatic rings. The van der Waals surface area contributed by atoms with E-state index in [-0.39, 0.29) is 16.2 Å². The van der Waals surface area contributed by atoms with Crippen LogP contribution in [0.3, 0.4) is 0 Å². The second kappa shape index (κ2) is 6.43. The maximum Gasteiger partial charge on any atom is 0.238 e. The number of nitrogens with two attached hydrogens (primary N) is 1. The normalized spacial score (nSPS) is 11.1. The van der Waals surface area contributed by atoms with Crippen LogP contribution in [0.5, 0.6) is 0 Å². The van der Waals surface area contributed by atoms with Crippen molar-refractivity contribution < 1.29 is 12.8 Å². The van der Waals surface area contributed by atoms with E-state index in [1.807, 2.05) is 6.07 Å². The quantitative estimate of drug-likeness (QED) is 0.782. The van der Waals surface area contributed by atoms with E-state index < -0.39 is 15.8 Å². The van der Waals surface area contributed by atoms with Gasteiger partial charge in [0.25, 0.3) is 0 Å². The topological polar surface area (TPSA) is 96.8 Å². The van der Waals surface area contributed by atoms with E-state index in [1.54, 1.807) is 36.4 Å². The summed E-state index contributed by atoms with van der Waals surface area (Å²) in [4.78, 5) is 4.02. The van der Waals surface area contributed by atoms with Crippen LogP contribution >= 0.6 is 0 Å². The van der Waals surface area contributed by atoms with Crippen molar-refractivity contribution in [2.75, 3.05) is 0 Å². The minimum absolute atomic E-state index is 0.0338. The van der Waals surface area contributed by atoms with Gasteiger partial charge in [-0.2, -0.15) is 5.26 Å². The molecule has 5 nitrogen and oxygen atoms in total. The van der Waals surface area contributed by atoms with Crippen LogP contribution in [0.4, 0.5) is 4.39 Å². The van der Waals surface area contributed by atoms with E-state index in [0.717, 1.165) is 17.7 Å². The lowest BCUT2D eigenvalue weighted by Gasteiger charge is -2.11. The number of sulfonamides is 1. The predicted octanol–water partition coefficient (Wildman–Crippen LogP) is 3.07. The number of hydrogen-bond donors (Lipinski definition) is 1. The Kier molecular flexibility index (Phi) is 4.31. The van der Waals surface area contributed by atoms with Crippen molar-refractivity contribution in [1.29, 1.82) is 5.26 Å². The number of rotatable bonds is 3. The van der Waals surface area contributed by atoms with Crippen molar-refractivity contribution in [2.24, 2.45) is 5.14 Å². The Morgan fingerprint density at radius 2 is 1.76 bits per heavy atom. The van der Waals surface area contributed by atoms with E-state index in [4.69, 9.17) is 10.4 Å². The number of halogens is 1. The number of nitrogens with zero attached hydrogens (tertiary/aromatic N) is 2. The molecule has 0 atom stereocenters. The van der Waals surface area contributed by atoms with Crippen molar-refractivity contribution in [2.45, 2.75) is 4.90 Å². The summed E-state index contributed by atoms with van der Waals surface area (Å²) in [5, 5.41) is 14.0. The minimum Gasteiger partial charge on any atom is -0.255 e. The number of benzene rings is 2. The first kappa shape index (κ1) is 16.8. The van der Waals surface area contributed by atoms with Crippen LogP contribution in [0.15, 0.2) is 65.7 Å². The third kappa shape index (κ3) is 3.40. The molecule has 2 N–H and O–H groups in total. The summed E-state index contributed by atoms with van der Waals surface area (Å²) in [7, 11) is -3.97. The minimum atomic E-state index is -3.97. The smallest absolute Gasteiger partial charge is 0.238 e. The Bertz CT molecular complexity index is 1090. The first-order valence-corrected chi connectivity index (χ1v) is 8.73. The highest BCUT2D eigenvalue weighted by molar-refractivity contribution is 7.89. The van der Waals surface area contributed by atoms with Gasteiger partial charge in [0.05, 0.1) is 22.2 Å². The molecule has 0 radical (unpaired) electrons. The zero-order valence-electron chi connectivity index (χ0n) is 12.8. The molecule has 0 saturated heterocycles. The molecule has 7 heteroatoms. The van der Waals surface area contributed by atoms with Gasteiger partial charge in [0.2, 0.25) is 10.0 Å². The fraction of sp³-hybridized carbons (Fsp3) is 0. The summed E-state index contributed by atoms with van der Waals surface area (Å²) in [6.45, 7) is 0. The largest absolute Gasteiger partial charge is 0.255 e. The second-order valence-electron chi connectivity index (χ2n) is 5.28. The van der Waals surface area contributed by atoms with Gasteiger partial charge in [-0.25, -0.2) is 17.9 Å². The van der Waals surface area contributed by atoms with Gasteiger partial charge < -0.3 is 0 Å². The molecular weight excluding hydrogens is 341 g/mol. The highest BCUT2D eigenvalue weighted by Gasteiger charge is 2.17. The van der Waals surface area contributed by atoms with Crippen LogP contribution in [-0.4, -0.2) is 13.4 Å². The lowest BCUT2D eigenvalue weighted by atomic mass is 9.98. The monoisotopic (exact) mass is 353 g/mol. The average molecular weight is 353 g/mol. The summed E-state index contributed by atoms with van der Waals surface area (Å²) in [6, 6.07) is 15.5. The molecule has 3 rings (SSSR count). The predicted molar refractivity (Wildman–Crippen MR) is 91.2 cm³/mol. The zero-order valence-corrected chi connectivity index (χ0v) is 13.7. The molecule has 1 aromatic heterocycles. The van der Waals surface area contributed by atoms with Crippen LogP contribution in [0.25, 0.3) is 22.4 Å². The van der Waals surface area contributed by atoms with E-state index >= 15 is 0 Å². The van der Waals surface area contributed by atoms with Crippen LogP contribution in [0, 0.1) is 17.1 Å². The lowest BCUT2D eigenvalue weighted by Crippen LogP contribution is -2.12. The van der Waals surface area contributed by atoms with Crippen LogP contribution in [-0.2, 0) is 10.0 Å². The second-order valence-corrected chi connectivity index (χ2v) is 6.84. The Hall–Kier alpha value is -3.08. The van der Waals surface area contributed by atoms with E-state index in [1.165, 1.54) is 12.3 Å². The van der Waals surface area contributed by atoms with Gasteiger partial charge in [-0.05, 0) is 42.0 Å². The maximum atomic E-state index is 14.3. The maximum absolute atomic E-state index is 14.3. The number of nitriles is 1. The molecular formula is C18H12FN3O2S. The molecule has 25 heavy (non-hydrogen) atoms. The Morgan fingerprint density at radius 1 is 1.04 bits per heavy atom. The number of pyridine rings is 1. The van der Waals surface area contributed by atoms with Crippen LogP contribution in [0.2, 0.25) is 0 Å². The molecule has 0 saturated carbocycles. The molecule has 0 aliphatic carbocycles. The number of hydrogen-bond acceptors (Lipinski definition) is 4. The summed E-state index contributed by atoms with van der Waals surface area (Å²) in [5.41, 5.74) is 2.15. The van der Waals surface area contributed by atoms with Crippen LogP contribution in [0.1, 0.15) is 5.56 Å². The molecule has 0 unspecified atom stereocenters. The van der Waals surface area contributed by atoms with Crippen molar-refractivity contribution in [3.8, 4) is 28.5 Å². The Balaban J connectivity index is 2.21. The molecule has 0 bridgehead atoms. The highest BCUT2D eigenvalue weighted by atomic mass is 32.2. The van der Waals surface area contributed by atoms with Gasteiger partial charge in [-0.3, -0.25) is 4.98 Å². The molecule has 124 valence electrons. The fourth-order valence-electron chi connectivity index (χ4n) is 2.44. The van der Waals surface area contributed by atoms with E-state index in [0.29, 0.717) is 11.1 Å². The van der Waals surface area contributed by atoms with E-state index in [2.05, 4.69) is 4.98 Å². The van der Waals surface area contributed by atoms with Gasteiger partial charge in [0, 0.05) is 17.3 Å². The number of aromatic nitrogens is 1. The fourth-order valence-corrected chi connectivity index (χ4v) is 2.98. The zero-order chi connectivity index (χ0) is 18.0. The van der Waals surface area contributed by atoms with Crippen molar-refractivity contribution >= 4 is 10.0 Å². The molecule has 0 aliphatic heterocycles. The van der Waals surface area contributed by atoms with Crippen molar-refractivity contribution in [3.05, 3.63) is 72.2 Å². The Labute approximate surface area is 144 Å². The third-order valence-electron chi connectivity index (χ3n) is 3.65. The highest BCUT2D eigenvalue weighted by Crippen LogP contribution is 2.32. The number of primary sulfonamides is 1. The summed E-state index contributed by atoms with van der Waals surface area (Å²) in [5.74, 6) is -0.610. The molecule has 0 spiro atoms. The summed E-state index contributed by atoms with van der Waals surface area (Å²) in [6.07, 6.45) is 1.49. The standard InChI is InChI=1S/C18H12FN3O2S/c19-17-8-7-14(25(21,23)24)10-16(17)18-15(2-1-9-22-18)13-5-3-12(11-20)4-6-13/h1-10H,(H2,21,23,24). The van der Waals surface area contributed by atoms with Gasteiger partial charge in [0.15, 0.2) is 0 Å². The van der Waals surface area contributed by atoms with Gasteiger partial charge in [-0.1, -0.05) is 18.2 Å². The van der Waals surface area contributed by atoms with Crippen molar-refractivity contribution in [3.63, 3.8) is 0 Å². The molecule has 2 aromatic carbocycles. The van der Waals surface area contributed by atoms with Gasteiger partial charge in [-0.15, -0.1) is 0 Å². The molecule has 0 amide bonds. The lowest BCUT2D eigenvalue weighted by molar-refractivity contribution is 0.596. The van der Waals surface area contributed by atoms with Gasteiger partial charge in [0.1, 0.15) is 5.82 Å². The first-order valence-electron chi connectivity index (χ1n) is 7.18. The first-order chi connectivity index (χ1) is 11.9. The molecule has 1 heterocycles. The van der Waals surface area contributed by atoms with Gasteiger partial charge >= 0.3 is 0 Å². The summed E-state index contributed by atoms with van der Waals surface area (Å²) < 4.78 is 37.5. The van der Waals surface area contributed by atoms with Crippen LogP contribution < -0.4 is 5.14 Å². The molecule has 0 fully saturated rings. The summed E-state index contributed by atoms with van der Waals surface area (Å²) >= 11 is 0. The SMILES string of the molecule is N#Cc1ccc(-c2cccnc2-c2cc(S(N)(=O)=O)ccc2F)cc1. The molecule has 3 aromatic rings. The average Bonchev–Trinajstić information content (AvgIpc) is 2.61. The third-order valence-corrected chi connectivity index (χ3v) is 4.57. The van der Waals surface area contributed by atoms with E-state index in [9.17, 15) is 12.8 Å². The van der Waals surface area contributed by atoms with Crippen molar-refractivity contribution in [1.82, 2.24) is 4.98 Å². The Morgan fingerprint density at radius 3 is 2.40 bits per heavy atom.